The Morgan fingerprint density at radius 1 is 1.22 bits per heavy atom. The molecule has 0 radical (unpaired) electrons. The van der Waals surface area contributed by atoms with E-state index in [0.29, 0.717) is 41.4 Å². The third-order valence-electron chi connectivity index (χ3n) is 6.61. The van der Waals surface area contributed by atoms with Gasteiger partial charge in [-0.25, -0.2) is 4.79 Å². The number of esters is 1. The van der Waals surface area contributed by atoms with Gasteiger partial charge >= 0.3 is 5.97 Å². The van der Waals surface area contributed by atoms with Crippen molar-refractivity contribution in [3.63, 3.8) is 0 Å². The summed E-state index contributed by atoms with van der Waals surface area (Å²) in [7, 11) is 0. The highest BCUT2D eigenvalue weighted by atomic mass is 16.7. The van der Waals surface area contributed by atoms with Crippen molar-refractivity contribution in [3.05, 3.63) is 46.3 Å². The van der Waals surface area contributed by atoms with E-state index in [4.69, 9.17) is 18.9 Å². The molecule has 1 aromatic rings. The number of fused-ring (bicyclic) bond motifs is 1. The van der Waals surface area contributed by atoms with Crippen LogP contribution < -0.4 is 14.8 Å². The minimum absolute atomic E-state index is 0.0587. The summed E-state index contributed by atoms with van der Waals surface area (Å²) in [6.07, 6.45) is 2.98. The van der Waals surface area contributed by atoms with Gasteiger partial charge in [-0.15, -0.1) is 0 Å². The summed E-state index contributed by atoms with van der Waals surface area (Å²) < 4.78 is 22.3. The van der Waals surface area contributed by atoms with Gasteiger partial charge in [0.25, 0.3) is 0 Å². The minimum atomic E-state index is -0.513. The Labute approximate surface area is 187 Å². The molecule has 7 heteroatoms. The minimum Gasteiger partial charge on any atom is -0.459 e. The average molecular weight is 440 g/mol. The number of hydrogen-bond donors (Lipinski definition) is 1. The van der Waals surface area contributed by atoms with Crippen molar-refractivity contribution in [1.29, 1.82) is 0 Å². The second-order valence-corrected chi connectivity index (χ2v) is 9.78. The maximum absolute atomic E-state index is 13.4. The molecule has 0 aromatic heterocycles. The van der Waals surface area contributed by atoms with Crippen LogP contribution in [0.3, 0.4) is 0 Å². The Kier molecular flexibility index (Phi) is 5.24. The molecule has 4 aliphatic rings. The summed E-state index contributed by atoms with van der Waals surface area (Å²) in [4.78, 5) is 26.7. The van der Waals surface area contributed by atoms with Crippen LogP contribution in [-0.4, -0.2) is 37.9 Å². The lowest BCUT2D eigenvalue weighted by molar-refractivity contribution is -0.142. The summed E-state index contributed by atoms with van der Waals surface area (Å²) in [5.41, 5.74) is 3.41. The highest BCUT2D eigenvalue weighted by molar-refractivity contribution is 6.04. The van der Waals surface area contributed by atoms with Gasteiger partial charge in [0.2, 0.25) is 6.79 Å². The number of Topliss-reactive ketones (excluding diaryl/α,β-unsaturated/α-hetero) is 1. The lowest BCUT2D eigenvalue weighted by Crippen LogP contribution is -2.39. The molecule has 32 heavy (non-hydrogen) atoms. The van der Waals surface area contributed by atoms with Crippen LogP contribution in [0.5, 0.6) is 11.5 Å². The van der Waals surface area contributed by atoms with Gasteiger partial charge in [-0.3, -0.25) is 4.79 Å². The van der Waals surface area contributed by atoms with Gasteiger partial charge in [0, 0.05) is 35.9 Å². The maximum Gasteiger partial charge on any atom is 0.336 e. The molecular weight excluding hydrogens is 410 g/mol. The molecule has 1 N–H and O–H groups in total. The Morgan fingerprint density at radius 2 is 2.03 bits per heavy atom. The summed E-state index contributed by atoms with van der Waals surface area (Å²) in [5, 5.41) is 3.37. The number of carbonyl (C=O) groups is 2. The van der Waals surface area contributed by atoms with E-state index >= 15 is 0 Å². The van der Waals surface area contributed by atoms with Crippen molar-refractivity contribution in [2.45, 2.75) is 58.5 Å². The fourth-order valence-corrected chi connectivity index (χ4v) is 5.15. The molecule has 170 valence electrons. The molecule has 0 unspecified atom stereocenters. The van der Waals surface area contributed by atoms with E-state index in [-0.39, 0.29) is 30.7 Å². The summed E-state index contributed by atoms with van der Waals surface area (Å²) in [6, 6.07) is 5.61. The Morgan fingerprint density at radius 3 is 2.81 bits per heavy atom. The largest absolute Gasteiger partial charge is 0.459 e. The zero-order chi connectivity index (χ0) is 22.5. The van der Waals surface area contributed by atoms with Crippen LogP contribution in [0, 0.1) is 5.41 Å². The second-order valence-electron chi connectivity index (χ2n) is 9.78. The van der Waals surface area contributed by atoms with Gasteiger partial charge in [-0.05, 0) is 49.3 Å². The number of carbonyl (C=O) groups excluding carboxylic acids is 2. The van der Waals surface area contributed by atoms with E-state index in [2.05, 4.69) is 19.2 Å². The van der Waals surface area contributed by atoms with Gasteiger partial charge in [-0.2, -0.15) is 0 Å². The molecule has 1 fully saturated rings. The zero-order valence-corrected chi connectivity index (χ0v) is 18.8. The van der Waals surface area contributed by atoms with Crippen LogP contribution in [0.1, 0.15) is 57.9 Å². The first-order valence-electron chi connectivity index (χ1n) is 11.2. The number of ketones is 1. The van der Waals surface area contributed by atoms with Crippen LogP contribution in [0.15, 0.2) is 40.7 Å². The van der Waals surface area contributed by atoms with Crippen molar-refractivity contribution in [2.75, 3.05) is 20.0 Å². The molecule has 1 aromatic carbocycles. The van der Waals surface area contributed by atoms with E-state index in [1.165, 1.54) is 0 Å². The quantitative estimate of drug-likeness (QED) is 0.716. The van der Waals surface area contributed by atoms with Crippen LogP contribution in [0.2, 0.25) is 0 Å². The SMILES string of the molecule is CC1=C(C(=O)OC[C@H]2CCCO2)[C@@H](c2ccc3c(c2)OCO3)C2=C(CC(C)(C)CC2=O)N1. The van der Waals surface area contributed by atoms with Crippen molar-refractivity contribution in [2.24, 2.45) is 5.41 Å². The number of rotatable bonds is 4. The molecule has 3 aliphatic heterocycles. The molecule has 0 saturated carbocycles. The average Bonchev–Trinajstić information content (AvgIpc) is 3.41. The fraction of sp³-hybridized carbons (Fsp3) is 0.520. The smallest absolute Gasteiger partial charge is 0.336 e. The molecule has 1 aliphatic carbocycles. The van der Waals surface area contributed by atoms with Crippen molar-refractivity contribution in [1.82, 2.24) is 5.32 Å². The van der Waals surface area contributed by atoms with E-state index in [1.54, 1.807) is 0 Å². The number of benzene rings is 1. The topological polar surface area (TPSA) is 83.1 Å². The predicted molar refractivity (Wildman–Crippen MR) is 116 cm³/mol. The van der Waals surface area contributed by atoms with Gasteiger partial charge in [0.15, 0.2) is 17.3 Å². The molecule has 3 heterocycles. The third-order valence-corrected chi connectivity index (χ3v) is 6.61. The molecule has 0 amide bonds. The van der Waals surface area contributed by atoms with Crippen LogP contribution in [0.25, 0.3) is 0 Å². The second kappa shape index (κ2) is 7.96. The van der Waals surface area contributed by atoms with E-state index in [1.807, 2.05) is 25.1 Å². The third kappa shape index (κ3) is 3.79. The lowest BCUT2D eigenvalue weighted by Gasteiger charge is -2.39. The number of nitrogens with one attached hydrogen (secondary N) is 1. The van der Waals surface area contributed by atoms with Gasteiger partial charge in [-0.1, -0.05) is 19.9 Å². The molecule has 7 nitrogen and oxygen atoms in total. The molecule has 2 atom stereocenters. The van der Waals surface area contributed by atoms with E-state index < -0.39 is 11.9 Å². The summed E-state index contributed by atoms with van der Waals surface area (Å²) in [6.45, 7) is 7.14. The molecule has 1 saturated heterocycles. The van der Waals surface area contributed by atoms with E-state index in [9.17, 15) is 9.59 Å². The number of ether oxygens (including phenoxy) is 4. The molecular formula is C25H29NO6. The first-order valence-corrected chi connectivity index (χ1v) is 11.2. The fourth-order valence-electron chi connectivity index (χ4n) is 5.15. The highest BCUT2D eigenvalue weighted by Gasteiger charge is 2.43. The van der Waals surface area contributed by atoms with Gasteiger partial charge in [0.1, 0.15) is 6.61 Å². The highest BCUT2D eigenvalue weighted by Crippen LogP contribution is 2.48. The predicted octanol–water partition coefficient (Wildman–Crippen LogP) is 3.74. The molecule has 0 spiro atoms. The first kappa shape index (κ1) is 21.1. The van der Waals surface area contributed by atoms with Crippen molar-refractivity contribution >= 4 is 11.8 Å². The normalized spacial score (nSPS) is 26.2. The molecule has 5 rings (SSSR count). The summed E-state index contributed by atoms with van der Waals surface area (Å²) in [5.74, 6) is 0.412. The number of hydrogen-bond acceptors (Lipinski definition) is 7. The monoisotopic (exact) mass is 439 g/mol. The Hall–Kier alpha value is -2.80. The molecule has 0 bridgehead atoms. The standard InChI is InChI=1S/C25H29NO6/c1-14-21(24(28)30-12-16-5-4-8-29-16)22(15-6-7-19-20(9-15)32-13-31-19)23-17(26-14)10-25(2,3)11-18(23)27/h6-7,9,16,22,26H,4-5,8,10-13H2,1-3H3/t16-,22-/m1/s1. The first-order chi connectivity index (χ1) is 15.3. The lowest BCUT2D eigenvalue weighted by atomic mass is 9.68. The Balaban J connectivity index is 1.54. The van der Waals surface area contributed by atoms with Gasteiger partial charge in [0.05, 0.1) is 11.7 Å². The van der Waals surface area contributed by atoms with Crippen LogP contribution in [-0.2, 0) is 19.1 Å². The van der Waals surface area contributed by atoms with Gasteiger partial charge < -0.3 is 24.3 Å². The van der Waals surface area contributed by atoms with Crippen LogP contribution >= 0.6 is 0 Å². The van der Waals surface area contributed by atoms with E-state index in [0.717, 1.165) is 30.5 Å². The van der Waals surface area contributed by atoms with Crippen LogP contribution in [0.4, 0.5) is 0 Å². The van der Waals surface area contributed by atoms with Crippen molar-refractivity contribution < 1.29 is 28.5 Å². The zero-order valence-electron chi connectivity index (χ0n) is 18.8. The number of allylic oxidation sites excluding steroid dienone is 3. The van der Waals surface area contributed by atoms with Crippen molar-refractivity contribution in [3.8, 4) is 11.5 Å². The maximum atomic E-state index is 13.4. The summed E-state index contributed by atoms with van der Waals surface area (Å²) >= 11 is 0. The Bertz CT molecular complexity index is 1030. The number of dihydropyridines is 1.